The quantitative estimate of drug-likeness (QED) is 0.336. The van der Waals surface area contributed by atoms with Crippen molar-refractivity contribution in [1.82, 2.24) is 20.1 Å². The SMILES string of the molecule is COc1nccc(-c2cccc(N(CC34CCC(c5nc(C6CC6)no5)(CC3)CC4)C(=O)C3CC(F)(F)C3)c2)n1. The molecule has 2 heterocycles. The number of fused-ring (bicyclic) bond motifs is 3. The van der Waals surface area contributed by atoms with E-state index in [-0.39, 0.29) is 35.6 Å². The predicted molar refractivity (Wildman–Crippen MR) is 142 cm³/mol. The summed E-state index contributed by atoms with van der Waals surface area (Å²) in [5.74, 6) is -1.56. The Bertz CT molecular complexity index is 1410. The number of amides is 1. The lowest BCUT2D eigenvalue weighted by Gasteiger charge is -2.53. The van der Waals surface area contributed by atoms with Gasteiger partial charge in [0.2, 0.25) is 17.7 Å². The van der Waals surface area contributed by atoms with Gasteiger partial charge in [-0.3, -0.25) is 4.79 Å². The van der Waals surface area contributed by atoms with E-state index in [1.54, 1.807) is 17.2 Å². The van der Waals surface area contributed by atoms with Crippen LogP contribution in [-0.4, -0.2) is 45.6 Å². The first-order chi connectivity index (χ1) is 19.3. The average Bonchev–Trinajstić information content (AvgIpc) is 3.70. The highest BCUT2D eigenvalue weighted by atomic mass is 19.3. The standard InChI is InChI=1S/C30H33F2N5O3/c1-39-27-33-14-7-23(34-27)20-3-2-4-22(15-20)37(25(38)21-16-30(31,32)17-21)18-28-8-11-29(12-9-28,13-10-28)26-35-24(36-40-26)19-5-6-19/h2-4,7,14-15,19,21H,5-6,8-13,16-18H2,1H3. The van der Waals surface area contributed by atoms with Gasteiger partial charge >= 0.3 is 6.01 Å². The number of carbonyl (C=O) groups excluding carboxylic acids is 1. The Labute approximate surface area is 231 Å². The second-order valence-corrected chi connectivity index (χ2v) is 12.4. The van der Waals surface area contributed by atoms with Gasteiger partial charge < -0.3 is 14.2 Å². The van der Waals surface area contributed by atoms with Crippen molar-refractivity contribution >= 4 is 11.6 Å². The van der Waals surface area contributed by atoms with Gasteiger partial charge in [0.15, 0.2) is 5.82 Å². The summed E-state index contributed by atoms with van der Waals surface area (Å²) < 4.78 is 38.6. The van der Waals surface area contributed by atoms with Crippen LogP contribution in [0.3, 0.4) is 0 Å². The van der Waals surface area contributed by atoms with Crippen molar-refractivity contribution in [2.24, 2.45) is 11.3 Å². The van der Waals surface area contributed by atoms with Crippen LogP contribution in [0.4, 0.5) is 14.5 Å². The molecule has 5 saturated carbocycles. The number of methoxy groups -OCH3 is 1. The Balaban J connectivity index is 1.15. The number of carbonyl (C=O) groups is 1. The number of hydrogen-bond acceptors (Lipinski definition) is 7. The summed E-state index contributed by atoms with van der Waals surface area (Å²) in [6.07, 6.45) is 8.72. The summed E-state index contributed by atoms with van der Waals surface area (Å²) in [5, 5.41) is 4.27. The van der Waals surface area contributed by atoms with Gasteiger partial charge in [0, 0.05) is 54.1 Å². The number of hydrogen-bond donors (Lipinski definition) is 0. The number of ether oxygens (including phenoxy) is 1. The molecule has 0 saturated heterocycles. The Morgan fingerprint density at radius 1 is 1.07 bits per heavy atom. The third-order valence-electron chi connectivity index (χ3n) is 9.71. The van der Waals surface area contributed by atoms with Crippen LogP contribution < -0.4 is 9.64 Å². The molecule has 1 aromatic carbocycles. The molecule has 5 fully saturated rings. The minimum Gasteiger partial charge on any atom is -0.467 e. The predicted octanol–water partition coefficient (Wildman–Crippen LogP) is 6.08. The van der Waals surface area contributed by atoms with E-state index in [2.05, 4.69) is 15.1 Å². The maximum absolute atomic E-state index is 13.8. The fourth-order valence-electron chi connectivity index (χ4n) is 6.90. The lowest BCUT2D eigenvalue weighted by molar-refractivity contribution is -0.148. The van der Waals surface area contributed by atoms with Crippen LogP contribution in [0, 0.1) is 11.3 Å². The number of alkyl halides is 2. The Morgan fingerprint density at radius 3 is 2.50 bits per heavy atom. The highest BCUT2D eigenvalue weighted by molar-refractivity contribution is 5.96. The minimum atomic E-state index is -2.76. The van der Waals surface area contributed by atoms with Crippen molar-refractivity contribution in [3.63, 3.8) is 0 Å². The molecule has 0 atom stereocenters. The van der Waals surface area contributed by atoms with E-state index >= 15 is 0 Å². The summed E-state index contributed by atoms with van der Waals surface area (Å²) in [6, 6.07) is 9.64. The number of rotatable bonds is 8. The molecule has 0 unspecified atom stereocenters. The van der Waals surface area contributed by atoms with E-state index < -0.39 is 11.8 Å². The smallest absolute Gasteiger partial charge is 0.316 e. The van der Waals surface area contributed by atoms with Gasteiger partial charge in [-0.2, -0.15) is 9.97 Å². The topological polar surface area (TPSA) is 94.2 Å². The molecule has 8 rings (SSSR count). The van der Waals surface area contributed by atoms with Crippen LogP contribution in [0.2, 0.25) is 0 Å². The lowest BCUT2D eigenvalue weighted by Crippen LogP contribution is -2.53. The lowest BCUT2D eigenvalue weighted by atomic mass is 9.53. The Hall–Kier alpha value is -3.43. The molecule has 0 N–H and O–H groups in total. The third-order valence-corrected chi connectivity index (χ3v) is 9.71. The highest BCUT2D eigenvalue weighted by Gasteiger charge is 2.55. The fourth-order valence-corrected chi connectivity index (χ4v) is 6.90. The molecule has 3 aromatic rings. The summed E-state index contributed by atoms with van der Waals surface area (Å²) in [6.45, 7) is 0.512. The maximum atomic E-state index is 13.8. The van der Waals surface area contributed by atoms with Gasteiger partial charge in [-0.15, -0.1) is 0 Å². The molecule has 2 aromatic heterocycles. The van der Waals surface area contributed by atoms with Gasteiger partial charge in [0.05, 0.1) is 12.8 Å². The van der Waals surface area contributed by atoms with Crippen LogP contribution >= 0.6 is 0 Å². The first-order valence-corrected chi connectivity index (χ1v) is 14.3. The summed E-state index contributed by atoms with van der Waals surface area (Å²) in [4.78, 5) is 28.9. The molecule has 10 heteroatoms. The van der Waals surface area contributed by atoms with E-state index in [0.29, 0.717) is 23.8 Å². The van der Waals surface area contributed by atoms with Crippen molar-refractivity contribution < 1.29 is 22.8 Å². The van der Waals surface area contributed by atoms with Crippen molar-refractivity contribution in [2.45, 2.75) is 81.5 Å². The average molecular weight is 550 g/mol. The first-order valence-electron chi connectivity index (χ1n) is 14.3. The van der Waals surface area contributed by atoms with Crippen molar-refractivity contribution in [3.05, 3.63) is 48.2 Å². The summed E-state index contributed by atoms with van der Waals surface area (Å²) >= 11 is 0. The van der Waals surface area contributed by atoms with Crippen LogP contribution in [-0.2, 0) is 10.2 Å². The number of aromatic nitrogens is 4. The minimum absolute atomic E-state index is 0.0723. The van der Waals surface area contributed by atoms with Crippen LogP contribution in [0.25, 0.3) is 11.3 Å². The van der Waals surface area contributed by atoms with Gasteiger partial charge in [-0.05, 0) is 75.0 Å². The highest BCUT2D eigenvalue weighted by Crippen LogP contribution is 2.58. The number of anilines is 1. The van der Waals surface area contributed by atoms with E-state index in [1.165, 1.54) is 7.11 Å². The molecular formula is C30H33F2N5O3. The van der Waals surface area contributed by atoms with E-state index in [0.717, 1.165) is 68.6 Å². The van der Waals surface area contributed by atoms with Crippen molar-refractivity contribution in [2.75, 3.05) is 18.6 Å². The number of halogens is 2. The second kappa shape index (κ2) is 9.31. The largest absolute Gasteiger partial charge is 0.467 e. The maximum Gasteiger partial charge on any atom is 0.316 e. The zero-order chi connectivity index (χ0) is 27.5. The number of benzene rings is 1. The zero-order valence-electron chi connectivity index (χ0n) is 22.6. The molecule has 2 bridgehead atoms. The van der Waals surface area contributed by atoms with Crippen LogP contribution in [0.15, 0.2) is 41.1 Å². The first kappa shape index (κ1) is 25.5. The van der Waals surface area contributed by atoms with Gasteiger partial charge in [-0.1, -0.05) is 17.3 Å². The molecule has 0 spiro atoms. The molecule has 1 amide bonds. The van der Waals surface area contributed by atoms with E-state index in [4.69, 9.17) is 14.2 Å². The Kier molecular flexibility index (Phi) is 5.94. The van der Waals surface area contributed by atoms with E-state index in [1.807, 2.05) is 24.3 Å². The van der Waals surface area contributed by atoms with E-state index in [9.17, 15) is 13.6 Å². The molecule has 210 valence electrons. The summed E-state index contributed by atoms with van der Waals surface area (Å²) in [5.41, 5.74) is 2.02. The summed E-state index contributed by atoms with van der Waals surface area (Å²) in [7, 11) is 1.51. The molecule has 40 heavy (non-hydrogen) atoms. The van der Waals surface area contributed by atoms with Gasteiger partial charge in [0.25, 0.3) is 0 Å². The molecule has 5 aliphatic carbocycles. The molecule has 0 radical (unpaired) electrons. The van der Waals surface area contributed by atoms with Gasteiger partial charge in [0.1, 0.15) is 0 Å². The van der Waals surface area contributed by atoms with Gasteiger partial charge in [-0.25, -0.2) is 13.8 Å². The number of nitrogens with zero attached hydrogens (tertiary/aromatic N) is 5. The van der Waals surface area contributed by atoms with Crippen LogP contribution in [0.1, 0.15) is 81.8 Å². The van der Waals surface area contributed by atoms with Crippen molar-refractivity contribution in [1.29, 1.82) is 0 Å². The third kappa shape index (κ3) is 4.55. The normalized spacial score (nSPS) is 27.3. The molecule has 0 aliphatic heterocycles. The fraction of sp³-hybridized carbons (Fsp3) is 0.567. The molecule has 5 aliphatic rings. The molecule has 8 nitrogen and oxygen atoms in total. The second-order valence-electron chi connectivity index (χ2n) is 12.4. The Morgan fingerprint density at radius 2 is 1.82 bits per heavy atom. The van der Waals surface area contributed by atoms with Crippen LogP contribution in [0.5, 0.6) is 6.01 Å². The molecular weight excluding hydrogens is 516 g/mol. The zero-order valence-corrected chi connectivity index (χ0v) is 22.6. The van der Waals surface area contributed by atoms with Crippen molar-refractivity contribution in [3.8, 4) is 17.3 Å². The monoisotopic (exact) mass is 549 g/mol.